The monoisotopic (exact) mass is 480 g/mol. The first-order valence-corrected chi connectivity index (χ1v) is 11.6. The summed E-state index contributed by atoms with van der Waals surface area (Å²) in [5, 5.41) is 36.4. The van der Waals surface area contributed by atoms with Crippen LogP contribution < -0.4 is 20.3 Å². The summed E-state index contributed by atoms with van der Waals surface area (Å²) in [4.78, 5) is 6.06. The number of rotatable bonds is 5. The van der Waals surface area contributed by atoms with Gasteiger partial charge in [-0.05, 0) is 49.7 Å². The molecule has 0 aromatic heterocycles. The molecule has 1 aliphatic rings. The molecule has 8 heteroatoms. The fourth-order valence-electron chi connectivity index (χ4n) is 4.30. The molecule has 2 atom stereocenters. The van der Waals surface area contributed by atoms with Crippen LogP contribution in [0.25, 0.3) is 0 Å². The number of hydrogen-bond donors (Lipinski definition) is 3. The zero-order chi connectivity index (χ0) is 25.7. The van der Waals surface area contributed by atoms with Gasteiger partial charge in [-0.1, -0.05) is 42.5 Å². The normalized spacial score (nSPS) is 18.1. The van der Waals surface area contributed by atoms with Crippen LogP contribution in [0.15, 0.2) is 77.8 Å². The van der Waals surface area contributed by atoms with Gasteiger partial charge in [0.25, 0.3) is 0 Å². The number of ether oxygens (including phenoxy) is 1. The zero-order valence-electron chi connectivity index (χ0n) is 20.4. The fourth-order valence-corrected chi connectivity index (χ4v) is 4.30. The predicted octanol–water partition coefficient (Wildman–Crippen LogP) is 4.31. The quantitative estimate of drug-likeness (QED) is 0.283. The second-order valence-corrected chi connectivity index (χ2v) is 9.18. The third-order valence-electron chi connectivity index (χ3n) is 6.16. The molecule has 182 valence electrons. The molecule has 0 fully saturated rings. The summed E-state index contributed by atoms with van der Waals surface area (Å²) >= 11 is 0. The van der Waals surface area contributed by atoms with Crippen molar-refractivity contribution in [3.8, 4) is 18.0 Å². The topological polar surface area (TPSA) is 117 Å². The number of aliphatic hydroxyl groups excluding tert-OH is 1. The molecule has 0 radical (unpaired) electrons. The Morgan fingerprint density at radius 3 is 2.53 bits per heavy atom. The Hall–Kier alpha value is -4.53. The molecule has 4 rings (SSSR count). The molecule has 0 saturated heterocycles. The van der Waals surface area contributed by atoms with Gasteiger partial charge in [-0.3, -0.25) is 0 Å². The molecular weight excluding hydrogens is 452 g/mol. The van der Waals surface area contributed by atoms with Crippen molar-refractivity contribution in [3.05, 3.63) is 89.5 Å². The lowest BCUT2D eigenvalue weighted by Gasteiger charge is -2.42. The number of benzene rings is 3. The highest BCUT2D eigenvalue weighted by Crippen LogP contribution is 2.40. The van der Waals surface area contributed by atoms with Crippen molar-refractivity contribution in [1.82, 2.24) is 5.32 Å². The van der Waals surface area contributed by atoms with Gasteiger partial charge in [-0.2, -0.15) is 10.5 Å². The number of aliphatic hydroxyl groups is 1. The van der Waals surface area contributed by atoms with Gasteiger partial charge >= 0.3 is 0 Å². The molecule has 0 amide bonds. The highest BCUT2D eigenvalue weighted by Gasteiger charge is 2.43. The molecule has 1 aliphatic heterocycles. The first-order chi connectivity index (χ1) is 17.3. The standard InChI is InChI=1S/C28H28N6O2/c1-28(2)26(35)25(21-15-20(16-29)13-14-24(21)36-28)33-27(31-18-30)32-22-11-7-8-12-23(22)34(3)17-19-9-5-4-6-10-19/h4-15,25-26,35H,17H2,1-3H3,(H2,31,32,33). The van der Waals surface area contributed by atoms with Crippen LogP contribution in [0, 0.1) is 22.8 Å². The van der Waals surface area contributed by atoms with E-state index in [1.807, 2.05) is 55.7 Å². The number of para-hydroxylation sites is 2. The van der Waals surface area contributed by atoms with Gasteiger partial charge in [0, 0.05) is 19.2 Å². The van der Waals surface area contributed by atoms with Crippen LogP contribution in [0.4, 0.5) is 11.4 Å². The van der Waals surface area contributed by atoms with Crippen molar-refractivity contribution in [2.24, 2.45) is 4.99 Å². The Labute approximate surface area is 211 Å². The molecule has 0 spiro atoms. The van der Waals surface area contributed by atoms with Gasteiger partial charge in [-0.25, -0.2) is 0 Å². The van der Waals surface area contributed by atoms with E-state index in [4.69, 9.17) is 4.74 Å². The van der Waals surface area contributed by atoms with Crippen LogP contribution in [-0.2, 0) is 6.54 Å². The summed E-state index contributed by atoms with van der Waals surface area (Å²) < 4.78 is 6.00. The van der Waals surface area contributed by atoms with Gasteiger partial charge in [0.1, 0.15) is 17.5 Å². The van der Waals surface area contributed by atoms with Gasteiger partial charge in [0.05, 0.1) is 29.0 Å². The van der Waals surface area contributed by atoms with Gasteiger partial charge in [0.2, 0.25) is 12.2 Å². The number of hydrogen-bond acceptors (Lipinski definition) is 6. The Morgan fingerprint density at radius 2 is 1.81 bits per heavy atom. The number of nitrogens with zero attached hydrogens (tertiary/aromatic N) is 4. The second-order valence-electron chi connectivity index (χ2n) is 9.18. The SMILES string of the molecule is CN(Cc1ccccc1)c1ccccc1N/C(=N/C#N)NC1c2cc(C#N)ccc2OC(C)(C)C1O. The lowest BCUT2D eigenvalue weighted by atomic mass is 9.86. The second kappa shape index (κ2) is 10.4. The smallest absolute Gasteiger partial charge is 0.212 e. The Bertz CT molecular complexity index is 1340. The molecule has 8 nitrogen and oxygen atoms in total. The van der Waals surface area contributed by atoms with Crippen LogP contribution >= 0.6 is 0 Å². The van der Waals surface area contributed by atoms with Crippen LogP contribution in [0.1, 0.15) is 36.6 Å². The summed E-state index contributed by atoms with van der Waals surface area (Å²) in [5.74, 6) is 0.731. The van der Waals surface area contributed by atoms with E-state index in [2.05, 4.69) is 38.7 Å². The molecular formula is C28H28N6O2. The fraction of sp³-hybridized carbons (Fsp3) is 0.250. The summed E-state index contributed by atoms with van der Waals surface area (Å²) in [6.45, 7) is 4.26. The maximum absolute atomic E-state index is 11.2. The van der Waals surface area contributed by atoms with Crippen molar-refractivity contribution in [3.63, 3.8) is 0 Å². The average molecular weight is 481 g/mol. The maximum Gasteiger partial charge on any atom is 0.212 e. The van der Waals surface area contributed by atoms with Crippen molar-refractivity contribution in [2.45, 2.75) is 38.1 Å². The molecule has 36 heavy (non-hydrogen) atoms. The van der Waals surface area contributed by atoms with Crippen LogP contribution in [0.2, 0.25) is 0 Å². The van der Waals surface area contributed by atoms with Crippen molar-refractivity contribution in [1.29, 1.82) is 10.5 Å². The van der Waals surface area contributed by atoms with Crippen molar-refractivity contribution >= 4 is 17.3 Å². The van der Waals surface area contributed by atoms with E-state index in [0.717, 1.165) is 16.9 Å². The third-order valence-corrected chi connectivity index (χ3v) is 6.16. The number of nitrogens with one attached hydrogen (secondary N) is 2. The number of fused-ring (bicyclic) bond motifs is 1. The average Bonchev–Trinajstić information content (AvgIpc) is 2.87. The molecule has 0 bridgehead atoms. The van der Waals surface area contributed by atoms with Gasteiger partial charge < -0.3 is 25.4 Å². The molecule has 1 heterocycles. The zero-order valence-corrected chi connectivity index (χ0v) is 20.4. The minimum Gasteiger partial charge on any atom is -0.485 e. The Kier molecular flexibility index (Phi) is 7.10. The molecule has 3 aromatic rings. The highest BCUT2D eigenvalue weighted by molar-refractivity contribution is 5.97. The van der Waals surface area contributed by atoms with E-state index < -0.39 is 17.7 Å². The van der Waals surface area contributed by atoms with Crippen molar-refractivity contribution < 1.29 is 9.84 Å². The summed E-state index contributed by atoms with van der Waals surface area (Å²) in [6, 6.07) is 24.4. The minimum atomic E-state index is -0.986. The highest BCUT2D eigenvalue weighted by atomic mass is 16.5. The molecule has 3 N–H and O–H groups in total. The molecule has 0 saturated carbocycles. The lowest BCUT2D eigenvalue weighted by molar-refractivity contribution is -0.0610. The van der Waals surface area contributed by atoms with E-state index in [0.29, 0.717) is 23.4 Å². The molecule has 0 aliphatic carbocycles. The number of guanidine groups is 1. The van der Waals surface area contributed by atoms with E-state index >= 15 is 0 Å². The van der Waals surface area contributed by atoms with E-state index in [9.17, 15) is 15.6 Å². The van der Waals surface area contributed by atoms with Crippen LogP contribution in [0.5, 0.6) is 5.75 Å². The molecule has 3 aromatic carbocycles. The van der Waals surface area contributed by atoms with Crippen LogP contribution in [-0.4, -0.2) is 29.8 Å². The largest absolute Gasteiger partial charge is 0.485 e. The van der Waals surface area contributed by atoms with E-state index in [-0.39, 0.29) is 5.96 Å². The van der Waals surface area contributed by atoms with Crippen LogP contribution in [0.3, 0.4) is 0 Å². The first kappa shape index (κ1) is 24.6. The summed E-state index contributed by atoms with van der Waals surface area (Å²) in [6.07, 6.45) is 0.847. The van der Waals surface area contributed by atoms with E-state index in [1.165, 1.54) is 0 Å². The summed E-state index contributed by atoms with van der Waals surface area (Å²) in [7, 11) is 1.99. The lowest BCUT2D eigenvalue weighted by Crippen LogP contribution is -2.54. The third kappa shape index (κ3) is 5.25. The maximum atomic E-state index is 11.2. The number of anilines is 2. The number of aliphatic imine (C=N–C) groups is 1. The van der Waals surface area contributed by atoms with Gasteiger partial charge in [-0.15, -0.1) is 4.99 Å². The Morgan fingerprint density at radius 1 is 1.08 bits per heavy atom. The summed E-state index contributed by atoms with van der Waals surface area (Å²) in [5.41, 5.74) is 2.96. The Balaban J connectivity index is 1.63. The van der Waals surface area contributed by atoms with Crippen molar-refractivity contribution in [2.75, 3.05) is 17.3 Å². The first-order valence-electron chi connectivity index (χ1n) is 11.6. The minimum absolute atomic E-state index is 0.174. The molecule has 2 unspecified atom stereocenters. The predicted molar refractivity (Wildman–Crippen MR) is 139 cm³/mol. The number of nitriles is 2. The van der Waals surface area contributed by atoms with E-state index in [1.54, 1.807) is 32.0 Å². The van der Waals surface area contributed by atoms with Gasteiger partial charge in [0.15, 0.2) is 0 Å².